The van der Waals surface area contributed by atoms with Crippen molar-refractivity contribution in [2.24, 2.45) is 17.2 Å². The Morgan fingerprint density at radius 3 is 1.83 bits per heavy atom. The van der Waals surface area contributed by atoms with Gasteiger partial charge in [0.25, 0.3) is 0 Å². The molecule has 0 aliphatic carbocycles. The van der Waals surface area contributed by atoms with E-state index in [-0.39, 0.29) is 86.1 Å². The average molecular weight is 1330 g/mol. The monoisotopic (exact) mass is 1330 g/mol. The van der Waals surface area contributed by atoms with Crippen LogP contribution in [-0.4, -0.2) is 217 Å². The zero-order valence-corrected chi connectivity index (χ0v) is 52.4. The lowest BCUT2D eigenvalue weighted by atomic mass is 10.0. The summed E-state index contributed by atoms with van der Waals surface area (Å²) in [5.41, 5.74) is 18.6. The number of carbonyl (C=O) groups excluding carboxylic acids is 12. The number of carbonyl (C=O) groups is 12. The summed E-state index contributed by atoms with van der Waals surface area (Å²) < 4.78 is 0. The zero-order valence-electron chi connectivity index (χ0n) is 49.0. The van der Waals surface area contributed by atoms with Crippen LogP contribution in [0.15, 0.2) is 61.1 Å². The quantitative estimate of drug-likeness (QED) is 0.0203. The van der Waals surface area contributed by atoms with Crippen LogP contribution in [0.2, 0.25) is 0 Å². The Bertz CT molecular complexity index is 2970. The number of rotatable bonds is 26. The van der Waals surface area contributed by atoms with Crippen molar-refractivity contribution < 1.29 is 72.9 Å². The highest BCUT2D eigenvalue weighted by Gasteiger charge is 2.40. The van der Waals surface area contributed by atoms with E-state index in [0.717, 1.165) is 21.6 Å². The average Bonchev–Trinajstić information content (AvgIpc) is 1.87. The number of nitrogens with zero attached hydrogens (tertiary/aromatic N) is 2. The molecule has 0 radical (unpaired) electrons. The number of imidazole rings is 1. The summed E-state index contributed by atoms with van der Waals surface area (Å²) in [6.45, 7) is -0.0599. The number of aromatic hydroxyl groups is 2. The number of phenolic OH excluding ortho intramolecular Hbond substituents is 2. The van der Waals surface area contributed by atoms with E-state index in [9.17, 15) is 72.9 Å². The second-order valence-corrected chi connectivity index (χ2v) is 24.4. The number of fused-ring (bicyclic) bond motifs is 1. The van der Waals surface area contributed by atoms with Crippen LogP contribution >= 0.6 is 46.8 Å². The van der Waals surface area contributed by atoms with E-state index in [1.54, 1.807) is 0 Å². The molecule has 3 heterocycles. The van der Waals surface area contributed by atoms with E-state index < -0.39 is 150 Å². The van der Waals surface area contributed by atoms with E-state index >= 15 is 0 Å². The predicted molar refractivity (Wildman–Crippen MR) is 336 cm³/mol. The van der Waals surface area contributed by atoms with Crippen molar-refractivity contribution >= 4 is 118 Å². The number of aromatic amines is 1. The summed E-state index contributed by atoms with van der Waals surface area (Å²) >= 11 is 8.26. The molecule has 11 atom stereocenters. The Morgan fingerprint density at radius 2 is 1.28 bits per heavy atom. The smallest absolute Gasteiger partial charge is 0.246 e. The Hall–Kier alpha value is -7.83. The van der Waals surface area contributed by atoms with Crippen molar-refractivity contribution in [3.63, 3.8) is 0 Å². The highest BCUT2D eigenvalue weighted by atomic mass is 33.1. The third-order valence-corrected chi connectivity index (χ3v) is 17.4. The SMILES string of the molecule is C[C@@H]1NC(=O)[C@@H]2CCCN2C(=O)[C@H](Cc2cnc[nH]2)NC(=O)C(CS)NC(=O)[C@@H](N)CSSC[C@@H](C(=O)NCC(=O)N[C@@H](CCCCN)C(=O)N[C@@H](Cc2ccc(O)cc2)C(=O)N[C@@H](Cc2ccc(O)cc2)C(=O)N[C@@H](CO)C(=O)N[C@@H](CS)C(N)=O)NC1=O. The fraction of sp³-hybridized carbons (Fsp3) is 0.509. The fourth-order valence-corrected chi connectivity index (χ4v) is 12.0. The minimum absolute atomic E-state index is 0.0477. The molecule has 1 unspecified atom stereocenters. The molecule has 3 aromatic rings. The van der Waals surface area contributed by atoms with E-state index in [1.165, 1.54) is 72.9 Å². The summed E-state index contributed by atoms with van der Waals surface area (Å²) in [6, 6.07) is -3.74. The molecule has 2 fully saturated rings. The van der Waals surface area contributed by atoms with Gasteiger partial charge in [0, 0.05) is 60.7 Å². The van der Waals surface area contributed by atoms with Gasteiger partial charge in [-0.05, 0) is 81.0 Å². The molecule has 35 heteroatoms. The maximum atomic E-state index is 14.5. The van der Waals surface area contributed by atoms with Gasteiger partial charge in [0.2, 0.25) is 70.9 Å². The second-order valence-electron chi connectivity index (χ2n) is 21.1. The minimum atomic E-state index is -1.67. The number of phenols is 2. The number of aliphatic hydroxyl groups is 1. The summed E-state index contributed by atoms with van der Waals surface area (Å²) in [4.78, 5) is 173. The summed E-state index contributed by atoms with van der Waals surface area (Å²) in [7, 11) is 2.06. The van der Waals surface area contributed by atoms with Crippen LogP contribution in [-0.2, 0) is 76.8 Å². The van der Waals surface area contributed by atoms with Gasteiger partial charge in [0.05, 0.1) is 25.5 Å². The van der Waals surface area contributed by atoms with E-state index in [2.05, 4.69) is 88.4 Å². The Morgan fingerprint density at radius 1 is 0.711 bits per heavy atom. The lowest BCUT2D eigenvalue weighted by Gasteiger charge is -2.30. The number of unbranched alkanes of at least 4 members (excludes halogenated alkanes) is 1. The highest BCUT2D eigenvalue weighted by Crippen LogP contribution is 2.24. The van der Waals surface area contributed by atoms with Gasteiger partial charge in [0.15, 0.2) is 0 Å². The molecular formula is C55H78N16O15S4. The number of nitrogens with one attached hydrogen (secondary N) is 11. The first-order chi connectivity index (χ1) is 42.9. The molecule has 20 N–H and O–H groups in total. The number of thiol groups is 2. The fourth-order valence-electron chi connectivity index (χ4n) is 9.17. The van der Waals surface area contributed by atoms with E-state index in [1.807, 2.05) is 0 Å². The molecule has 90 heavy (non-hydrogen) atoms. The molecule has 31 nitrogen and oxygen atoms in total. The molecule has 0 spiro atoms. The molecule has 5 rings (SSSR count). The van der Waals surface area contributed by atoms with Gasteiger partial charge in [-0.25, -0.2) is 4.98 Å². The second kappa shape index (κ2) is 36.7. The van der Waals surface area contributed by atoms with Gasteiger partial charge in [-0.3, -0.25) is 57.5 Å². The number of hydrogen-bond donors (Lipinski definition) is 19. The van der Waals surface area contributed by atoms with Crippen LogP contribution in [0.3, 0.4) is 0 Å². The number of H-pyrrole nitrogens is 1. The van der Waals surface area contributed by atoms with Crippen LogP contribution in [0.1, 0.15) is 55.8 Å². The van der Waals surface area contributed by atoms with Crippen molar-refractivity contribution in [1.82, 2.24) is 68.0 Å². The van der Waals surface area contributed by atoms with Crippen molar-refractivity contribution in [1.29, 1.82) is 0 Å². The third kappa shape index (κ3) is 22.9. The van der Waals surface area contributed by atoms with Gasteiger partial charge >= 0.3 is 0 Å². The summed E-state index contributed by atoms with van der Waals surface area (Å²) in [6.07, 6.45) is 3.46. The molecule has 2 saturated heterocycles. The normalized spacial score (nSPS) is 21.2. The molecule has 1 aromatic heterocycles. The Labute approximate surface area is 536 Å². The van der Waals surface area contributed by atoms with Crippen LogP contribution < -0.4 is 70.4 Å². The number of benzene rings is 2. The largest absolute Gasteiger partial charge is 0.508 e. The first kappa shape index (κ1) is 72.9. The number of aromatic nitrogens is 2. The third-order valence-electron chi connectivity index (χ3n) is 14.2. The number of amides is 12. The molecule has 0 saturated carbocycles. The zero-order chi connectivity index (χ0) is 66.0. The Kier molecular flexibility index (Phi) is 29.8. The van der Waals surface area contributed by atoms with Crippen molar-refractivity contribution in [2.45, 2.75) is 125 Å². The molecule has 0 bridgehead atoms. The minimum Gasteiger partial charge on any atom is -0.508 e. The maximum absolute atomic E-state index is 14.5. The van der Waals surface area contributed by atoms with Crippen LogP contribution in [0, 0.1) is 0 Å². The molecule has 12 amide bonds. The number of aliphatic hydroxyl groups excluding tert-OH is 1. The van der Waals surface area contributed by atoms with Crippen molar-refractivity contribution in [3.8, 4) is 11.5 Å². The summed E-state index contributed by atoms with van der Waals surface area (Å²) in [5.74, 6) is -11.2. The van der Waals surface area contributed by atoms with E-state index in [4.69, 9.17) is 17.2 Å². The van der Waals surface area contributed by atoms with Gasteiger partial charge in [-0.15, -0.1) is 0 Å². The maximum Gasteiger partial charge on any atom is 0.246 e. The lowest BCUT2D eigenvalue weighted by molar-refractivity contribution is -0.142. The van der Waals surface area contributed by atoms with E-state index in [0.29, 0.717) is 29.7 Å². The standard InChI is InChI=1S/C55H78N16O15S4/c1-28-46(77)70-42(26-90-89-25-34(57)47(78)69-41(24-88)53(84)66-38(19-31-20-59-27-61-31)55(86)71-16-4-6-43(71)54(85)62-28)48(79)60-21-44(75)63-35(5-2-3-15-56)49(80)64-36(17-29-7-11-32(73)12-8-29)50(81)65-37(18-30-9-13-33(74)14-10-30)51(82)67-39(22-72)52(83)68-40(23-87)45(58)76/h7-14,20,27-28,34-43,72-74,87-88H,2-6,15-19,21-26,56-57H2,1H3,(H2,58,76)(H,59,61)(H,60,79)(H,62,85)(H,63,75)(H,64,80)(H,65,81)(H,66,84)(H,67,82)(H,68,83)(H,69,78)(H,70,77)/t28-,34-,35-,36-,37-,38-,39-,40-,41?,42-,43-/m0/s1. The van der Waals surface area contributed by atoms with Gasteiger partial charge in [0.1, 0.15) is 71.9 Å². The summed E-state index contributed by atoms with van der Waals surface area (Å²) in [5, 5.41) is 55.5. The lowest BCUT2D eigenvalue weighted by Crippen LogP contribution is -2.60. The topological polar surface area (TPSA) is 496 Å². The first-order valence-corrected chi connectivity index (χ1v) is 32.4. The molecule has 2 aliphatic heterocycles. The molecule has 2 aromatic carbocycles. The van der Waals surface area contributed by atoms with Crippen LogP contribution in [0.5, 0.6) is 11.5 Å². The van der Waals surface area contributed by atoms with Crippen molar-refractivity contribution in [3.05, 3.63) is 77.9 Å². The number of hydrogen-bond acceptors (Lipinski definition) is 22. The van der Waals surface area contributed by atoms with Gasteiger partial charge < -0.3 is 95.6 Å². The number of nitrogens with two attached hydrogens (primary N) is 3. The molecular weight excluding hydrogens is 1250 g/mol. The van der Waals surface area contributed by atoms with Gasteiger partial charge in [-0.1, -0.05) is 45.9 Å². The van der Waals surface area contributed by atoms with Crippen LogP contribution in [0.25, 0.3) is 0 Å². The van der Waals surface area contributed by atoms with Crippen LogP contribution in [0.4, 0.5) is 0 Å². The molecule has 2 aliphatic rings. The number of primary amides is 1. The Balaban J connectivity index is 1.34. The predicted octanol–water partition coefficient (Wildman–Crippen LogP) is -5.47. The van der Waals surface area contributed by atoms with Gasteiger partial charge in [-0.2, -0.15) is 25.3 Å². The first-order valence-electron chi connectivity index (χ1n) is 28.6. The molecule has 492 valence electrons. The van der Waals surface area contributed by atoms with Crippen molar-refractivity contribution in [2.75, 3.05) is 49.3 Å². The highest BCUT2D eigenvalue weighted by molar-refractivity contribution is 8.76.